The SMILES string of the molecule is CN(CC1(O)CCCC1)c1ccc(N)cn1. The van der Waals surface area contributed by atoms with Crippen LogP contribution in [0.3, 0.4) is 0 Å². The van der Waals surface area contributed by atoms with E-state index in [9.17, 15) is 5.11 Å². The van der Waals surface area contributed by atoms with Gasteiger partial charge in [-0.2, -0.15) is 0 Å². The second-order valence-electron chi connectivity index (χ2n) is 4.74. The molecule has 1 fully saturated rings. The second-order valence-corrected chi connectivity index (χ2v) is 4.74. The van der Waals surface area contributed by atoms with E-state index in [2.05, 4.69) is 4.98 Å². The van der Waals surface area contributed by atoms with E-state index < -0.39 is 5.60 Å². The summed E-state index contributed by atoms with van der Waals surface area (Å²) < 4.78 is 0. The van der Waals surface area contributed by atoms with Crippen molar-refractivity contribution in [1.29, 1.82) is 0 Å². The Bertz CT molecular complexity index is 344. The van der Waals surface area contributed by atoms with Crippen LogP contribution in [0.2, 0.25) is 0 Å². The van der Waals surface area contributed by atoms with Crippen LogP contribution in [0, 0.1) is 0 Å². The van der Waals surface area contributed by atoms with Gasteiger partial charge in [0.25, 0.3) is 0 Å². The summed E-state index contributed by atoms with van der Waals surface area (Å²) in [5.41, 5.74) is 5.72. The molecule has 0 aromatic carbocycles. The normalized spacial score (nSPS) is 18.6. The molecule has 0 unspecified atom stereocenters. The molecule has 0 aliphatic heterocycles. The largest absolute Gasteiger partial charge is 0.397 e. The molecule has 1 saturated carbocycles. The summed E-state index contributed by atoms with van der Waals surface area (Å²) in [6.45, 7) is 0.643. The van der Waals surface area contributed by atoms with E-state index in [-0.39, 0.29) is 0 Å². The van der Waals surface area contributed by atoms with Crippen molar-refractivity contribution in [2.75, 3.05) is 24.2 Å². The van der Waals surface area contributed by atoms with Crippen molar-refractivity contribution in [2.24, 2.45) is 0 Å². The number of hydrogen-bond acceptors (Lipinski definition) is 4. The first kappa shape index (κ1) is 11.2. The molecular formula is C12H19N3O. The fraction of sp³-hybridized carbons (Fsp3) is 0.583. The molecule has 88 valence electrons. The lowest BCUT2D eigenvalue weighted by Gasteiger charge is -2.29. The lowest BCUT2D eigenvalue weighted by Crippen LogP contribution is -2.39. The zero-order chi connectivity index (χ0) is 11.6. The van der Waals surface area contributed by atoms with Crippen molar-refractivity contribution in [1.82, 2.24) is 4.98 Å². The molecule has 1 aliphatic rings. The molecule has 0 amide bonds. The average Bonchev–Trinajstić information content (AvgIpc) is 2.65. The maximum absolute atomic E-state index is 10.3. The van der Waals surface area contributed by atoms with Crippen molar-refractivity contribution in [2.45, 2.75) is 31.3 Å². The van der Waals surface area contributed by atoms with Crippen LogP contribution < -0.4 is 10.6 Å². The van der Waals surface area contributed by atoms with Crippen molar-refractivity contribution >= 4 is 11.5 Å². The van der Waals surface area contributed by atoms with Gasteiger partial charge in [-0.15, -0.1) is 0 Å². The number of hydrogen-bond donors (Lipinski definition) is 2. The Morgan fingerprint density at radius 1 is 1.44 bits per heavy atom. The molecule has 4 heteroatoms. The Labute approximate surface area is 96.1 Å². The predicted octanol–water partition coefficient (Wildman–Crippen LogP) is 1.41. The highest BCUT2D eigenvalue weighted by Crippen LogP contribution is 2.30. The first-order chi connectivity index (χ1) is 7.59. The summed E-state index contributed by atoms with van der Waals surface area (Å²) >= 11 is 0. The molecule has 16 heavy (non-hydrogen) atoms. The number of pyridine rings is 1. The van der Waals surface area contributed by atoms with E-state index in [4.69, 9.17) is 5.73 Å². The summed E-state index contributed by atoms with van der Waals surface area (Å²) in [7, 11) is 1.95. The van der Waals surface area contributed by atoms with Crippen LogP contribution in [0.25, 0.3) is 0 Å². The lowest BCUT2D eigenvalue weighted by atomic mass is 10.0. The standard InChI is InChI=1S/C12H19N3O/c1-15(9-12(16)6-2-3-7-12)11-5-4-10(13)8-14-11/h4-5,8,16H,2-3,6-7,9,13H2,1H3. The van der Waals surface area contributed by atoms with Gasteiger partial charge < -0.3 is 15.7 Å². The van der Waals surface area contributed by atoms with Gasteiger partial charge in [0.2, 0.25) is 0 Å². The third-order valence-corrected chi connectivity index (χ3v) is 3.23. The van der Waals surface area contributed by atoms with E-state index in [1.54, 1.807) is 6.20 Å². The molecule has 1 aliphatic carbocycles. The molecule has 0 radical (unpaired) electrons. The number of anilines is 2. The molecule has 1 aromatic heterocycles. The van der Waals surface area contributed by atoms with Gasteiger partial charge in [0, 0.05) is 13.6 Å². The molecule has 0 spiro atoms. The Kier molecular flexibility index (Phi) is 3.01. The van der Waals surface area contributed by atoms with Crippen molar-refractivity contribution < 1.29 is 5.11 Å². The number of aromatic nitrogens is 1. The van der Waals surface area contributed by atoms with E-state index >= 15 is 0 Å². The van der Waals surface area contributed by atoms with Crippen LogP contribution >= 0.6 is 0 Å². The van der Waals surface area contributed by atoms with Crippen molar-refractivity contribution in [3.05, 3.63) is 18.3 Å². The Hall–Kier alpha value is -1.29. The summed E-state index contributed by atoms with van der Waals surface area (Å²) in [5.74, 6) is 0.856. The van der Waals surface area contributed by atoms with Gasteiger partial charge >= 0.3 is 0 Å². The van der Waals surface area contributed by atoms with Crippen molar-refractivity contribution in [3.63, 3.8) is 0 Å². The fourth-order valence-electron chi connectivity index (χ4n) is 2.34. The number of nitrogen functional groups attached to an aromatic ring is 1. The molecule has 0 atom stereocenters. The van der Waals surface area contributed by atoms with Gasteiger partial charge in [-0.1, -0.05) is 12.8 Å². The second kappa shape index (κ2) is 4.29. The number of rotatable bonds is 3. The quantitative estimate of drug-likeness (QED) is 0.810. The third kappa shape index (κ3) is 2.44. The average molecular weight is 221 g/mol. The first-order valence-electron chi connectivity index (χ1n) is 5.74. The van der Waals surface area contributed by atoms with E-state index in [1.807, 2.05) is 24.1 Å². The van der Waals surface area contributed by atoms with Crippen LogP contribution in [-0.2, 0) is 0 Å². The van der Waals surface area contributed by atoms with Gasteiger partial charge in [-0.3, -0.25) is 0 Å². The van der Waals surface area contributed by atoms with Gasteiger partial charge in [-0.25, -0.2) is 4.98 Å². The topological polar surface area (TPSA) is 62.4 Å². The molecule has 4 nitrogen and oxygen atoms in total. The Balaban J connectivity index is 2.02. The predicted molar refractivity (Wildman–Crippen MR) is 65.3 cm³/mol. The van der Waals surface area contributed by atoms with E-state index in [0.29, 0.717) is 12.2 Å². The number of aliphatic hydroxyl groups is 1. The molecule has 1 aromatic rings. The highest BCUT2D eigenvalue weighted by molar-refractivity contribution is 5.45. The highest BCUT2D eigenvalue weighted by atomic mass is 16.3. The highest BCUT2D eigenvalue weighted by Gasteiger charge is 2.32. The van der Waals surface area contributed by atoms with E-state index in [1.165, 1.54) is 0 Å². The maximum atomic E-state index is 10.3. The van der Waals surface area contributed by atoms with Crippen LogP contribution in [0.4, 0.5) is 11.5 Å². The minimum absolute atomic E-state index is 0.530. The van der Waals surface area contributed by atoms with Gasteiger partial charge in [0.05, 0.1) is 17.5 Å². The monoisotopic (exact) mass is 221 g/mol. The lowest BCUT2D eigenvalue weighted by molar-refractivity contribution is 0.0558. The smallest absolute Gasteiger partial charge is 0.128 e. The van der Waals surface area contributed by atoms with E-state index in [0.717, 1.165) is 31.5 Å². The third-order valence-electron chi connectivity index (χ3n) is 3.23. The Morgan fingerprint density at radius 3 is 2.69 bits per heavy atom. The Morgan fingerprint density at radius 2 is 2.12 bits per heavy atom. The minimum Gasteiger partial charge on any atom is -0.397 e. The molecule has 2 rings (SSSR count). The number of likely N-dealkylation sites (N-methyl/N-ethyl adjacent to an activating group) is 1. The van der Waals surface area contributed by atoms with Gasteiger partial charge in [0.1, 0.15) is 5.82 Å². The minimum atomic E-state index is -0.530. The molecular weight excluding hydrogens is 202 g/mol. The molecule has 1 heterocycles. The summed E-state index contributed by atoms with van der Waals surface area (Å²) in [6.07, 6.45) is 5.68. The fourth-order valence-corrected chi connectivity index (χ4v) is 2.34. The summed E-state index contributed by atoms with van der Waals surface area (Å²) in [4.78, 5) is 6.23. The van der Waals surface area contributed by atoms with Gasteiger partial charge in [-0.05, 0) is 25.0 Å². The van der Waals surface area contributed by atoms with Crippen molar-refractivity contribution in [3.8, 4) is 0 Å². The first-order valence-corrected chi connectivity index (χ1v) is 5.74. The zero-order valence-electron chi connectivity index (χ0n) is 9.69. The summed E-state index contributed by atoms with van der Waals surface area (Å²) in [6, 6.07) is 3.71. The molecule has 3 N–H and O–H groups in total. The molecule has 0 bridgehead atoms. The van der Waals surface area contributed by atoms with Crippen LogP contribution in [0.15, 0.2) is 18.3 Å². The number of nitrogens with zero attached hydrogens (tertiary/aromatic N) is 2. The van der Waals surface area contributed by atoms with Crippen LogP contribution in [0.1, 0.15) is 25.7 Å². The maximum Gasteiger partial charge on any atom is 0.128 e. The van der Waals surface area contributed by atoms with Crippen LogP contribution in [-0.4, -0.2) is 29.3 Å². The summed E-state index contributed by atoms with van der Waals surface area (Å²) in [5, 5.41) is 10.3. The van der Waals surface area contributed by atoms with Crippen LogP contribution in [0.5, 0.6) is 0 Å². The zero-order valence-corrected chi connectivity index (χ0v) is 9.69. The number of nitrogens with two attached hydrogens (primary N) is 1. The van der Waals surface area contributed by atoms with Gasteiger partial charge in [0.15, 0.2) is 0 Å². The molecule has 0 saturated heterocycles.